The van der Waals surface area contributed by atoms with E-state index in [1.807, 2.05) is 18.2 Å². The molecule has 0 aliphatic rings. The van der Waals surface area contributed by atoms with Gasteiger partial charge in [-0.3, -0.25) is 0 Å². The molecule has 0 saturated heterocycles. The lowest BCUT2D eigenvalue weighted by atomic mass is 10.1. The zero-order chi connectivity index (χ0) is 18.8. The van der Waals surface area contributed by atoms with Crippen molar-refractivity contribution in [2.24, 2.45) is 0 Å². The molecule has 4 aromatic rings. The van der Waals surface area contributed by atoms with Crippen LogP contribution in [0.25, 0.3) is 21.5 Å². The molecular weight excluding hydrogens is 417 g/mol. The van der Waals surface area contributed by atoms with E-state index < -0.39 is 0 Å². The first-order valence-electron chi connectivity index (χ1n) is 8.64. The molecule has 138 valence electrons. The van der Waals surface area contributed by atoms with Gasteiger partial charge >= 0.3 is 0 Å². The Labute approximate surface area is 176 Å². The number of thiophene rings is 1. The van der Waals surface area contributed by atoms with Crippen molar-refractivity contribution in [2.45, 2.75) is 30.8 Å². The summed E-state index contributed by atoms with van der Waals surface area (Å²) in [5.74, 6) is 1.58. The zero-order valence-electron chi connectivity index (χ0n) is 14.7. The van der Waals surface area contributed by atoms with E-state index in [-0.39, 0.29) is 0 Å². The minimum Gasteiger partial charge on any atom is -0.302 e. The van der Waals surface area contributed by atoms with Crippen LogP contribution >= 0.6 is 46.3 Å². The van der Waals surface area contributed by atoms with Gasteiger partial charge in [-0.1, -0.05) is 66.2 Å². The first kappa shape index (κ1) is 18.8. The van der Waals surface area contributed by atoms with Crippen LogP contribution in [0.4, 0.5) is 0 Å². The molecule has 0 saturated carbocycles. The number of hydrogen-bond donors (Lipinski definition) is 0. The molecule has 7 heteroatoms. The van der Waals surface area contributed by atoms with Crippen molar-refractivity contribution >= 4 is 56.4 Å². The van der Waals surface area contributed by atoms with Crippen LogP contribution in [0.2, 0.25) is 10.0 Å². The van der Waals surface area contributed by atoms with E-state index in [1.54, 1.807) is 23.1 Å². The van der Waals surface area contributed by atoms with Crippen molar-refractivity contribution in [1.82, 2.24) is 14.8 Å². The Hall–Kier alpha value is -1.53. The van der Waals surface area contributed by atoms with E-state index in [0.717, 1.165) is 35.1 Å². The van der Waals surface area contributed by atoms with Crippen LogP contribution in [0.5, 0.6) is 0 Å². The maximum Gasteiger partial charge on any atom is 0.191 e. The summed E-state index contributed by atoms with van der Waals surface area (Å²) in [5, 5.41) is 14.6. The average Bonchev–Trinajstić information content (AvgIpc) is 3.26. The predicted octanol–water partition coefficient (Wildman–Crippen LogP) is 7.17. The summed E-state index contributed by atoms with van der Waals surface area (Å²) in [6.07, 6.45) is 1.01. The van der Waals surface area contributed by atoms with Crippen molar-refractivity contribution in [2.75, 3.05) is 0 Å². The molecule has 0 spiro atoms. The molecule has 0 bridgehead atoms. The lowest BCUT2D eigenvalue weighted by molar-refractivity contribution is 0.626. The van der Waals surface area contributed by atoms with Gasteiger partial charge in [0.1, 0.15) is 0 Å². The average molecular weight is 434 g/mol. The summed E-state index contributed by atoms with van der Waals surface area (Å²) in [4.78, 5) is 0. The van der Waals surface area contributed by atoms with E-state index in [0.29, 0.717) is 15.8 Å². The number of nitrogens with zero attached hydrogens (tertiary/aromatic N) is 3. The van der Waals surface area contributed by atoms with E-state index >= 15 is 0 Å². The number of halogens is 2. The van der Waals surface area contributed by atoms with Crippen LogP contribution < -0.4 is 0 Å². The van der Waals surface area contributed by atoms with Gasteiger partial charge in [0.15, 0.2) is 11.0 Å². The molecule has 27 heavy (non-hydrogen) atoms. The standard InChI is InChI=1S/C20H17Cl2N3S2/c1-2-10-25-19(14-11-26-18-9-4-3-6-13(14)18)23-24-20(25)27-12-15-16(21)7-5-8-17(15)22/h3-9,11H,2,10,12H2,1H3. The van der Waals surface area contributed by atoms with Crippen LogP contribution in [0.15, 0.2) is 53.0 Å². The quantitative estimate of drug-likeness (QED) is 0.302. The van der Waals surface area contributed by atoms with Crippen molar-refractivity contribution < 1.29 is 0 Å². The maximum atomic E-state index is 6.31. The largest absolute Gasteiger partial charge is 0.302 e. The molecule has 3 nitrogen and oxygen atoms in total. The van der Waals surface area contributed by atoms with Gasteiger partial charge in [-0.2, -0.15) is 0 Å². The van der Waals surface area contributed by atoms with Gasteiger partial charge in [-0.05, 0) is 30.2 Å². The summed E-state index contributed by atoms with van der Waals surface area (Å²) in [6.45, 7) is 3.03. The highest BCUT2D eigenvalue weighted by Gasteiger charge is 2.18. The molecule has 4 rings (SSSR count). The minimum absolute atomic E-state index is 0.657. The van der Waals surface area contributed by atoms with E-state index in [2.05, 4.69) is 51.3 Å². The van der Waals surface area contributed by atoms with Crippen molar-refractivity contribution in [3.63, 3.8) is 0 Å². The molecular formula is C20H17Cl2N3S2. The van der Waals surface area contributed by atoms with Crippen LogP contribution in [0.3, 0.4) is 0 Å². The highest BCUT2D eigenvalue weighted by atomic mass is 35.5. The second-order valence-electron chi connectivity index (χ2n) is 6.09. The van der Waals surface area contributed by atoms with Gasteiger partial charge < -0.3 is 4.57 Å². The summed E-state index contributed by atoms with van der Waals surface area (Å²) in [7, 11) is 0. The highest BCUT2D eigenvalue weighted by molar-refractivity contribution is 7.98. The molecule has 0 radical (unpaired) electrons. The fraction of sp³-hybridized carbons (Fsp3) is 0.200. The minimum atomic E-state index is 0.657. The molecule has 2 aromatic carbocycles. The molecule has 0 aliphatic heterocycles. The second kappa shape index (κ2) is 8.23. The number of hydrogen-bond acceptors (Lipinski definition) is 4. The topological polar surface area (TPSA) is 30.7 Å². The molecule has 0 unspecified atom stereocenters. The van der Waals surface area contributed by atoms with Crippen molar-refractivity contribution in [3.8, 4) is 11.4 Å². The molecule has 0 fully saturated rings. The van der Waals surface area contributed by atoms with Gasteiger partial charge in [0.25, 0.3) is 0 Å². The molecule has 0 atom stereocenters. The molecule has 2 heterocycles. The number of rotatable bonds is 6. The Kier molecular flexibility index (Phi) is 5.74. The number of benzene rings is 2. The third kappa shape index (κ3) is 3.74. The predicted molar refractivity (Wildman–Crippen MR) is 117 cm³/mol. The van der Waals surface area contributed by atoms with Crippen LogP contribution in [-0.4, -0.2) is 14.8 Å². The van der Waals surface area contributed by atoms with Crippen LogP contribution in [-0.2, 0) is 12.3 Å². The van der Waals surface area contributed by atoms with Crippen LogP contribution in [0.1, 0.15) is 18.9 Å². The summed E-state index contributed by atoms with van der Waals surface area (Å²) < 4.78 is 3.46. The third-order valence-electron chi connectivity index (χ3n) is 4.29. The lowest BCUT2D eigenvalue weighted by Crippen LogP contribution is -2.02. The third-order valence-corrected chi connectivity index (χ3v) is 6.96. The number of thioether (sulfide) groups is 1. The Bertz CT molecular complexity index is 1070. The maximum absolute atomic E-state index is 6.31. The Morgan fingerprint density at radius 2 is 1.81 bits per heavy atom. The highest BCUT2D eigenvalue weighted by Crippen LogP contribution is 2.36. The van der Waals surface area contributed by atoms with Crippen molar-refractivity contribution in [1.29, 1.82) is 0 Å². The molecule has 0 amide bonds. The molecule has 2 aromatic heterocycles. The van der Waals surface area contributed by atoms with E-state index in [9.17, 15) is 0 Å². The monoisotopic (exact) mass is 433 g/mol. The van der Waals surface area contributed by atoms with E-state index in [1.165, 1.54) is 10.1 Å². The van der Waals surface area contributed by atoms with Gasteiger partial charge in [-0.25, -0.2) is 0 Å². The molecule has 0 aliphatic carbocycles. The fourth-order valence-corrected chi connectivity index (χ4v) is 5.62. The first-order valence-corrected chi connectivity index (χ1v) is 11.3. The second-order valence-corrected chi connectivity index (χ2v) is 8.76. The fourth-order valence-electron chi connectivity index (χ4n) is 2.98. The Morgan fingerprint density at radius 1 is 1.04 bits per heavy atom. The van der Waals surface area contributed by atoms with Gasteiger partial charge in [-0.15, -0.1) is 21.5 Å². The number of aromatic nitrogens is 3. The summed E-state index contributed by atoms with van der Waals surface area (Å²) in [6, 6.07) is 14.0. The normalized spacial score (nSPS) is 11.4. The Balaban J connectivity index is 1.69. The van der Waals surface area contributed by atoms with Gasteiger partial charge in [0.05, 0.1) is 0 Å². The lowest BCUT2D eigenvalue weighted by Gasteiger charge is -2.10. The smallest absolute Gasteiger partial charge is 0.191 e. The SMILES string of the molecule is CCCn1c(SCc2c(Cl)cccc2Cl)nnc1-c1csc2ccccc12. The summed E-state index contributed by atoms with van der Waals surface area (Å²) >= 11 is 16.0. The summed E-state index contributed by atoms with van der Waals surface area (Å²) in [5.41, 5.74) is 2.07. The van der Waals surface area contributed by atoms with Crippen LogP contribution in [0, 0.1) is 0 Å². The molecule has 0 N–H and O–H groups in total. The number of fused-ring (bicyclic) bond motifs is 1. The van der Waals surface area contributed by atoms with Gasteiger partial charge in [0.2, 0.25) is 0 Å². The zero-order valence-corrected chi connectivity index (χ0v) is 17.8. The first-order chi connectivity index (χ1) is 13.2. The van der Waals surface area contributed by atoms with Gasteiger partial charge in [0, 0.05) is 43.4 Å². The van der Waals surface area contributed by atoms with Crippen molar-refractivity contribution in [3.05, 3.63) is 63.5 Å². The Morgan fingerprint density at radius 3 is 2.59 bits per heavy atom. The van der Waals surface area contributed by atoms with E-state index in [4.69, 9.17) is 23.2 Å².